The van der Waals surface area contributed by atoms with Crippen molar-refractivity contribution in [3.05, 3.63) is 59.7 Å². The van der Waals surface area contributed by atoms with E-state index in [1.165, 1.54) is 37.8 Å². The van der Waals surface area contributed by atoms with Crippen molar-refractivity contribution in [3.8, 4) is 11.5 Å². The fourth-order valence-corrected chi connectivity index (χ4v) is 6.10. The summed E-state index contributed by atoms with van der Waals surface area (Å²) in [6, 6.07) is 9.98. The van der Waals surface area contributed by atoms with Gasteiger partial charge in [0.2, 0.25) is 0 Å². The highest BCUT2D eigenvalue weighted by atomic mass is 19.4. The maximum absolute atomic E-state index is 14.7. The molecule has 0 bridgehead atoms. The minimum absolute atomic E-state index is 0.138. The molecule has 0 amide bonds. The van der Waals surface area contributed by atoms with Gasteiger partial charge in [0.15, 0.2) is 6.29 Å². The Hall–Kier alpha value is -2.39. The molecule has 38 heavy (non-hydrogen) atoms. The maximum atomic E-state index is 14.7. The molecular formula is C29H33F5O4. The summed E-state index contributed by atoms with van der Waals surface area (Å²) >= 11 is 0. The highest BCUT2D eigenvalue weighted by Crippen LogP contribution is 2.41. The van der Waals surface area contributed by atoms with E-state index in [4.69, 9.17) is 14.2 Å². The minimum atomic E-state index is -4.86. The van der Waals surface area contributed by atoms with Gasteiger partial charge in [-0.1, -0.05) is 37.8 Å². The number of rotatable bonds is 7. The predicted octanol–water partition coefficient (Wildman–Crippen LogP) is 8.17. The van der Waals surface area contributed by atoms with Crippen molar-refractivity contribution < 1.29 is 40.9 Å². The van der Waals surface area contributed by atoms with Crippen LogP contribution in [-0.2, 0) is 15.6 Å². The van der Waals surface area contributed by atoms with E-state index in [0.717, 1.165) is 74.6 Å². The van der Waals surface area contributed by atoms with Gasteiger partial charge in [-0.25, -0.2) is 0 Å². The van der Waals surface area contributed by atoms with Crippen LogP contribution in [0.4, 0.5) is 22.0 Å². The van der Waals surface area contributed by atoms with Gasteiger partial charge in [-0.05, 0) is 79.5 Å². The molecule has 2 saturated carbocycles. The minimum Gasteiger partial charge on any atom is -0.429 e. The van der Waals surface area contributed by atoms with E-state index in [1.54, 1.807) is 12.1 Å². The zero-order valence-corrected chi connectivity index (χ0v) is 21.1. The Morgan fingerprint density at radius 1 is 0.605 bits per heavy atom. The number of halogens is 5. The van der Waals surface area contributed by atoms with E-state index in [2.05, 4.69) is 4.74 Å². The molecule has 1 heterocycles. The standard InChI is InChI=1S/C29H33F5O4/c30-28(31,37-25-13-15-26(16-14-25)38-29(32,33)34)24-11-9-21(10-12-24)20-5-7-22(8-6-20)27-35-17-23(18-36-27)19-3-1-2-4-19/h9-16,19-20,22-23,27H,1-8,17-18H2. The molecule has 0 aromatic heterocycles. The molecule has 0 unspecified atom stereocenters. The quantitative estimate of drug-likeness (QED) is 0.332. The summed E-state index contributed by atoms with van der Waals surface area (Å²) in [5.41, 5.74) is 0.676. The number of hydrogen-bond donors (Lipinski definition) is 0. The zero-order valence-electron chi connectivity index (χ0n) is 21.1. The SMILES string of the molecule is FC(F)(F)Oc1ccc(OC(F)(F)c2ccc(C3CCC(C4OCC(C5CCCC5)CO4)CC3)cc2)cc1. The van der Waals surface area contributed by atoms with Gasteiger partial charge in [-0.2, -0.15) is 8.78 Å². The topological polar surface area (TPSA) is 36.9 Å². The van der Waals surface area contributed by atoms with E-state index in [-0.39, 0.29) is 23.5 Å². The second-order valence-electron chi connectivity index (χ2n) is 10.7. The summed E-state index contributed by atoms with van der Waals surface area (Å²) in [4.78, 5) is 0. The Kier molecular flexibility index (Phi) is 8.14. The normalized spacial score (nSPS) is 27.3. The lowest BCUT2D eigenvalue weighted by Crippen LogP contribution is -2.40. The average Bonchev–Trinajstić information content (AvgIpc) is 3.44. The first-order valence-corrected chi connectivity index (χ1v) is 13.4. The molecule has 2 aliphatic carbocycles. The molecule has 0 atom stereocenters. The second kappa shape index (κ2) is 11.4. The Morgan fingerprint density at radius 3 is 1.71 bits per heavy atom. The van der Waals surface area contributed by atoms with Gasteiger partial charge in [0.1, 0.15) is 11.5 Å². The van der Waals surface area contributed by atoms with Gasteiger partial charge in [-0.15, -0.1) is 13.2 Å². The summed E-state index contributed by atoms with van der Waals surface area (Å²) in [5, 5.41) is 0. The molecule has 208 valence electrons. The second-order valence-corrected chi connectivity index (χ2v) is 10.7. The third-order valence-electron chi connectivity index (χ3n) is 8.19. The molecule has 0 spiro atoms. The number of hydrogen-bond acceptors (Lipinski definition) is 4. The summed E-state index contributed by atoms with van der Waals surface area (Å²) < 4.78 is 87.1. The van der Waals surface area contributed by atoms with Crippen LogP contribution in [0.25, 0.3) is 0 Å². The first-order chi connectivity index (χ1) is 18.2. The smallest absolute Gasteiger partial charge is 0.429 e. The zero-order chi connectivity index (χ0) is 26.8. The Balaban J connectivity index is 1.10. The highest BCUT2D eigenvalue weighted by Gasteiger charge is 2.37. The molecule has 1 aliphatic heterocycles. The van der Waals surface area contributed by atoms with Gasteiger partial charge >= 0.3 is 12.5 Å². The van der Waals surface area contributed by atoms with Crippen molar-refractivity contribution in [2.45, 2.75) is 76.0 Å². The van der Waals surface area contributed by atoms with Gasteiger partial charge < -0.3 is 18.9 Å². The third-order valence-corrected chi connectivity index (χ3v) is 8.19. The van der Waals surface area contributed by atoms with Crippen LogP contribution in [-0.4, -0.2) is 25.9 Å². The van der Waals surface area contributed by atoms with Crippen LogP contribution in [0.2, 0.25) is 0 Å². The molecule has 5 rings (SSSR count). The molecule has 4 nitrogen and oxygen atoms in total. The average molecular weight is 541 g/mol. The first-order valence-electron chi connectivity index (χ1n) is 13.4. The van der Waals surface area contributed by atoms with Crippen LogP contribution in [0.3, 0.4) is 0 Å². The molecule has 3 aliphatic rings. The molecule has 2 aromatic rings. The van der Waals surface area contributed by atoms with Crippen molar-refractivity contribution in [1.82, 2.24) is 0 Å². The van der Waals surface area contributed by atoms with Gasteiger partial charge in [0, 0.05) is 11.8 Å². The number of benzene rings is 2. The summed E-state index contributed by atoms with van der Waals surface area (Å²) in [6.07, 6.45) is 0.402. The van der Waals surface area contributed by atoms with Crippen molar-refractivity contribution >= 4 is 0 Å². The van der Waals surface area contributed by atoms with E-state index in [1.807, 2.05) is 0 Å². The fraction of sp³-hybridized carbons (Fsp3) is 0.586. The van der Waals surface area contributed by atoms with Crippen molar-refractivity contribution in [2.75, 3.05) is 13.2 Å². The molecule has 2 aromatic carbocycles. The van der Waals surface area contributed by atoms with Crippen LogP contribution >= 0.6 is 0 Å². The maximum Gasteiger partial charge on any atom is 0.573 e. The van der Waals surface area contributed by atoms with E-state index >= 15 is 0 Å². The first kappa shape index (κ1) is 27.2. The van der Waals surface area contributed by atoms with Crippen LogP contribution < -0.4 is 9.47 Å². The van der Waals surface area contributed by atoms with Crippen LogP contribution in [0.5, 0.6) is 11.5 Å². The van der Waals surface area contributed by atoms with E-state index in [9.17, 15) is 22.0 Å². The lowest BCUT2D eigenvalue weighted by atomic mass is 9.78. The Morgan fingerprint density at radius 2 is 1.16 bits per heavy atom. The number of ether oxygens (including phenoxy) is 4. The lowest BCUT2D eigenvalue weighted by Gasteiger charge is -2.39. The fourth-order valence-electron chi connectivity index (χ4n) is 6.10. The molecule has 1 saturated heterocycles. The largest absolute Gasteiger partial charge is 0.573 e. The van der Waals surface area contributed by atoms with Gasteiger partial charge in [0.05, 0.1) is 18.8 Å². The van der Waals surface area contributed by atoms with E-state index < -0.39 is 18.2 Å². The van der Waals surface area contributed by atoms with Gasteiger partial charge in [-0.3, -0.25) is 0 Å². The summed E-state index contributed by atoms with van der Waals surface area (Å²) in [5.74, 6) is 1.13. The Bertz CT molecular complexity index is 1020. The van der Waals surface area contributed by atoms with Crippen LogP contribution in [0, 0.1) is 17.8 Å². The summed E-state index contributed by atoms with van der Waals surface area (Å²) in [6.45, 7) is 1.58. The molecule has 0 N–H and O–H groups in total. The molecule has 0 radical (unpaired) electrons. The highest BCUT2D eigenvalue weighted by molar-refractivity contribution is 5.33. The number of alkyl halides is 5. The predicted molar refractivity (Wildman–Crippen MR) is 130 cm³/mol. The van der Waals surface area contributed by atoms with Crippen molar-refractivity contribution in [1.29, 1.82) is 0 Å². The van der Waals surface area contributed by atoms with Crippen LogP contribution in [0.15, 0.2) is 48.5 Å². The van der Waals surface area contributed by atoms with E-state index in [0.29, 0.717) is 11.8 Å². The molecule has 9 heteroatoms. The molecule has 3 fully saturated rings. The Labute approximate surface area is 219 Å². The van der Waals surface area contributed by atoms with Crippen molar-refractivity contribution in [3.63, 3.8) is 0 Å². The van der Waals surface area contributed by atoms with Crippen molar-refractivity contribution in [2.24, 2.45) is 17.8 Å². The lowest BCUT2D eigenvalue weighted by molar-refractivity contribution is -0.274. The summed E-state index contributed by atoms with van der Waals surface area (Å²) in [7, 11) is 0. The van der Waals surface area contributed by atoms with Crippen LogP contribution in [0.1, 0.15) is 68.4 Å². The monoisotopic (exact) mass is 540 g/mol. The van der Waals surface area contributed by atoms with Gasteiger partial charge in [0.25, 0.3) is 0 Å². The third kappa shape index (κ3) is 6.78. The molecular weight excluding hydrogens is 507 g/mol.